The molecule has 0 saturated heterocycles. The molecule has 2 aromatic heterocycles. The summed E-state index contributed by atoms with van der Waals surface area (Å²) in [5, 5.41) is 0.687. The monoisotopic (exact) mass is 475 g/mol. The lowest BCUT2D eigenvalue weighted by Gasteiger charge is -2.18. The predicted molar refractivity (Wildman–Crippen MR) is 134 cm³/mol. The lowest BCUT2D eigenvalue weighted by Crippen LogP contribution is -2.20. The lowest BCUT2D eigenvalue weighted by molar-refractivity contribution is 0.880. The first kappa shape index (κ1) is 21.7. The first-order valence-electron chi connectivity index (χ1n) is 10.7. The van der Waals surface area contributed by atoms with Crippen LogP contribution in [0.5, 0.6) is 0 Å². The molecule has 0 radical (unpaired) electrons. The Bertz CT molecular complexity index is 1440. The maximum Gasteiger partial charge on any atom is 0.260 e. The molecule has 6 rings (SSSR count). The first-order valence-corrected chi connectivity index (χ1v) is 11.1. The van der Waals surface area contributed by atoms with E-state index >= 15 is 0 Å². The van der Waals surface area contributed by atoms with Crippen molar-refractivity contribution in [3.8, 4) is 22.3 Å². The zero-order valence-corrected chi connectivity index (χ0v) is 18.9. The number of aryl methyl sites for hydroxylation is 4. The molecule has 34 heavy (non-hydrogen) atoms. The molecule has 0 fully saturated rings. The standard InChI is InChI=1S/C12H10ClN3O.C12H12N4O/c2*13-7-2-3-8-6(5-7)1-4-9-10(8)11(17)16-12(14)15-9/h2-3,5H,1,4H2,(H3,14,15,16,17);2-3,5H,1,4,13H2,(H3,14,15,16,17). The average molecular weight is 476 g/mol. The number of halogens is 1. The Labute approximate surface area is 199 Å². The number of nitrogens with zero attached hydrogens (tertiary/aromatic N) is 2. The summed E-state index contributed by atoms with van der Waals surface area (Å²) >= 11 is 5.95. The molecule has 4 aromatic rings. The highest BCUT2D eigenvalue weighted by atomic mass is 35.5. The number of aromatic amines is 2. The van der Waals surface area contributed by atoms with Crippen LogP contribution in [-0.2, 0) is 25.7 Å². The number of rotatable bonds is 0. The van der Waals surface area contributed by atoms with Crippen LogP contribution < -0.4 is 28.3 Å². The molecule has 2 aromatic carbocycles. The van der Waals surface area contributed by atoms with E-state index in [9.17, 15) is 9.59 Å². The number of H-pyrrole nitrogens is 2. The van der Waals surface area contributed by atoms with Crippen LogP contribution in [-0.4, -0.2) is 19.9 Å². The number of nitrogens with one attached hydrogen (secondary N) is 2. The van der Waals surface area contributed by atoms with E-state index in [0.717, 1.165) is 59.3 Å². The zero-order chi connectivity index (χ0) is 24.0. The number of nitrogen functional groups attached to an aromatic ring is 3. The second kappa shape index (κ2) is 8.35. The minimum absolute atomic E-state index is 0.172. The summed E-state index contributed by atoms with van der Waals surface area (Å²) in [7, 11) is 0. The molecule has 9 nitrogen and oxygen atoms in total. The average Bonchev–Trinajstić information content (AvgIpc) is 2.78. The van der Waals surface area contributed by atoms with Gasteiger partial charge in [-0.05, 0) is 72.2 Å². The Morgan fingerprint density at radius 1 is 0.706 bits per heavy atom. The van der Waals surface area contributed by atoms with Crippen molar-refractivity contribution in [1.29, 1.82) is 0 Å². The van der Waals surface area contributed by atoms with Gasteiger partial charge in [-0.3, -0.25) is 19.6 Å². The summed E-state index contributed by atoms with van der Waals surface area (Å²) in [6, 6.07) is 11.1. The lowest BCUT2D eigenvalue weighted by atomic mass is 9.89. The van der Waals surface area contributed by atoms with Crippen LogP contribution >= 0.6 is 11.6 Å². The summed E-state index contributed by atoms with van der Waals surface area (Å²) in [4.78, 5) is 37.3. The van der Waals surface area contributed by atoms with Gasteiger partial charge in [-0.15, -0.1) is 0 Å². The number of fused-ring (bicyclic) bond motifs is 6. The third-order valence-corrected chi connectivity index (χ3v) is 6.26. The van der Waals surface area contributed by atoms with Crippen molar-refractivity contribution in [3.63, 3.8) is 0 Å². The molecule has 0 amide bonds. The molecule has 8 N–H and O–H groups in total. The molecule has 2 heterocycles. The third kappa shape index (κ3) is 3.90. The van der Waals surface area contributed by atoms with Crippen LogP contribution in [0.15, 0.2) is 46.0 Å². The van der Waals surface area contributed by atoms with E-state index < -0.39 is 0 Å². The summed E-state index contributed by atoms with van der Waals surface area (Å²) in [6.07, 6.45) is 3.11. The molecule has 172 valence electrons. The number of hydrogen-bond acceptors (Lipinski definition) is 7. The summed E-state index contributed by atoms with van der Waals surface area (Å²) in [6.45, 7) is 0. The van der Waals surface area contributed by atoms with Gasteiger partial charge in [0.05, 0.1) is 22.5 Å². The number of benzene rings is 2. The van der Waals surface area contributed by atoms with E-state index in [4.69, 9.17) is 28.8 Å². The number of hydrogen-bond donors (Lipinski definition) is 5. The molecule has 10 heteroatoms. The largest absolute Gasteiger partial charge is 0.399 e. The van der Waals surface area contributed by atoms with E-state index in [2.05, 4.69) is 19.9 Å². The summed E-state index contributed by atoms with van der Waals surface area (Å²) in [5.41, 5.74) is 23.9. The fourth-order valence-electron chi connectivity index (χ4n) is 4.58. The van der Waals surface area contributed by atoms with E-state index in [-0.39, 0.29) is 23.0 Å². The minimum Gasteiger partial charge on any atom is -0.399 e. The molecular weight excluding hydrogens is 454 g/mol. The van der Waals surface area contributed by atoms with Gasteiger partial charge in [0, 0.05) is 10.7 Å². The topological polar surface area (TPSA) is 170 Å². The van der Waals surface area contributed by atoms with Crippen molar-refractivity contribution < 1.29 is 0 Å². The normalized spacial score (nSPS) is 13.0. The van der Waals surface area contributed by atoms with Crippen LogP contribution in [0.2, 0.25) is 5.02 Å². The van der Waals surface area contributed by atoms with Gasteiger partial charge >= 0.3 is 0 Å². The summed E-state index contributed by atoms with van der Waals surface area (Å²) < 4.78 is 0. The fraction of sp³-hybridized carbons (Fsp3) is 0.167. The van der Waals surface area contributed by atoms with Gasteiger partial charge in [-0.1, -0.05) is 23.7 Å². The first-order chi connectivity index (χ1) is 16.3. The van der Waals surface area contributed by atoms with Crippen LogP contribution in [0.3, 0.4) is 0 Å². The van der Waals surface area contributed by atoms with E-state index in [0.29, 0.717) is 21.8 Å². The predicted octanol–water partition coefficient (Wildman–Crippen LogP) is 2.47. The molecule has 2 aliphatic rings. The number of aromatic nitrogens is 4. The summed E-state index contributed by atoms with van der Waals surface area (Å²) in [5.74, 6) is 0.346. The minimum atomic E-state index is -0.184. The van der Waals surface area contributed by atoms with E-state index in [1.165, 1.54) is 0 Å². The van der Waals surface area contributed by atoms with Gasteiger partial charge in [0.15, 0.2) is 0 Å². The van der Waals surface area contributed by atoms with Crippen molar-refractivity contribution in [2.24, 2.45) is 0 Å². The van der Waals surface area contributed by atoms with Crippen molar-refractivity contribution in [3.05, 3.63) is 84.6 Å². The van der Waals surface area contributed by atoms with Gasteiger partial charge < -0.3 is 17.2 Å². The highest BCUT2D eigenvalue weighted by molar-refractivity contribution is 6.30. The zero-order valence-electron chi connectivity index (χ0n) is 18.1. The smallest absolute Gasteiger partial charge is 0.260 e. The Morgan fingerprint density at radius 3 is 1.76 bits per heavy atom. The van der Waals surface area contributed by atoms with Gasteiger partial charge in [0.2, 0.25) is 11.9 Å². The Hall–Kier alpha value is -4.11. The maximum absolute atomic E-state index is 11.9. The van der Waals surface area contributed by atoms with Crippen molar-refractivity contribution in [1.82, 2.24) is 19.9 Å². The van der Waals surface area contributed by atoms with E-state index in [1.807, 2.05) is 24.3 Å². The van der Waals surface area contributed by atoms with Gasteiger partial charge in [0.25, 0.3) is 11.1 Å². The van der Waals surface area contributed by atoms with Crippen LogP contribution in [0, 0.1) is 0 Å². The van der Waals surface area contributed by atoms with Crippen molar-refractivity contribution >= 4 is 29.2 Å². The Kier molecular flexibility index (Phi) is 5.33. The van der Waals surface area contributed by atoms with Crippen molar-refractivity contribution in [2.75, 3.05) is 17.2 Å². The molecule has 0 atom stereocenters. The highest BCUT2D eigenvalue weighted by Gasteiger charge is 2.22. The van der Waals surface area contributed by atoms with Crippen molar-refractivity contribution in [2.45, 2.75) is 25.7 Å². The fourth-order valence-corrected chi connectivity index (χ4v) is 4.77. The second-order valence-electron chi connectivity index (χ2n) is 8.26. The SMILES string of the molecule is Nc1ccc2c(c1)CCc1nc(N)[nH]c(=O)c1-2.Nc1nc2c(c(=O)[nH]1)-c1ccc(Cl)cc1CC2. The quantitative estimate of drug-likeness (QED) is 0.243. The third-order valence-electron chi connectivity index (χ3n) is 6.02. The molecule has 0 saturated carbocycles. The molecule has 2 aliphatic carbocycles. The molecule has 0 aliphatic heterocycles. The maximum atomic E-state index is 11.9. The second-order valence-corrected chi connectivity index (χ2v) is 8.70. The van der Waals surface area contributed by atoms with Crippen LogP contribution in [0.4, 0.5) is 17.6 Å². The van der Waals surface area contributed by atoms with Gasteiger partial charge in [0.1, 0.15) is 0 Å². The highest BCUT2D eigenvalue weighted by Crippen LogP contribution is 2.32. The van der Waals surface area contributed by atoms with E-state index in [1.54, 1.807) is 12.1 Å². The Balaban J connectivity index is 0.000000142. The molecule has 0 bridgehead atoms. The Morgan fingerprint density at radius 2 is 1.21 bits per heavy atom. The van der Waals surface area contributed by atoms with Gasteiger partial charge in [-0.25, -0.2) is 9.97 Å². The molecule has 0 unspecified atom stereocenters. The molecular formula is C24H22ClN7O2. The molecule has 0 spiro atoms. The van der Waals surface area contributed by atoms with Gasteiger partial charge in [-0.2, -0.15) is 0 Å². The number of nitrogens with two attached hydrogens (primary N) is 3. The number of anilines is 3. The van der Waals surface area contributed by atoms with Crippen LogP contribution in [0.25, 0.3) is 22.3 Å². The van der Waals surface area contributed by atoms with Crippen LogP contribution in [0.1, 0.15) is 22.5 Å².